The molecule has 0 aliphatic rings. The second-order valence-electron chi connectivity index (χ2n) is 3.08. The summed E-state index contributed by atoms with van der Waals surface area (Å²) in [4.78, 5) is 20.9. The number of carbonyl (C=O) groups excluding carboxylic acids is 1. The van der Waals surface area contributed by atoms with E-state index in [1.807, 2.05) is 0 Å². The summed E-state index contributed by atoms with van der Waals surface area (Å²) in [5, 5.41) is 8.67. The molecule has 0 fully saturated rings. The van der Waals surface area contributed by atoms with Crippen molar-refractivity contribution in [3.63, 3.8) is 0 Å². The van der Waals surface area contributed by atoms with E-state index in [0.717, 1.165) is 0 Å². The lowest BCUT2D eigenvalue weighted by atomic mass is 10.2. The van der Waals surface area contributed by atoms with Crippen LogP contribution in [0.25, 0.3) is 0 Å². The molecular weight excluding hydrogens is 194 g/mol. The van der Waals surface area contributed by atoms with Gasteiger partial charge >= 0.3 is 5.97 Å². The van der Waals surface area contributed by atoms with E-state index in [-0.39, 0.29) is 12.2 Å². The molecule has 1 unspecified atom stereocenters. The van der Waals surface area contributed by atoms with E-state index < -0.39 is 27.4 Å². The average Bonchev–Trinajstić information content (AvgIpc) is 1.99. The molecule has 3 N–H and O–H groups in total. The molecule has 76 valence electrons. The van der Waals surface area contributed by atoms with Gasteiger partial charge in [-0.1, -0.05) is 0 Å². The lowest BCUT2D eigenvalue weighted by Crippen LogP contribution is -2.38. The topological polar surface area (TPSA) is 97.5 Å². The standard InChI is InChI=1S/C7H13NO4S/c1-7(2,6(10)11)13(12)4-3-5(8)9/h3-4H2,1-2H3,(H2,8,9)(H,10,11). The summed E-state index contributed by atoms with van der Waals surface area (Å²) in [5.74, 6) is -1.72. The van der Waals surface area contributed by atoms with E-state index in [2.05, 4.69) is 0 Å². The SMILES string of the molecule is CC(C)(C(=O)O)S(=O)CCC(N)=O. The number of carbonyl (C=O) groups is 2. The Balaban J connectivity index is 4.26. The summed E-state index contributed by atoms with van der Waals surface area (Å²) in [7, 11) is -1.58. The first-order valence-corrected chi connectivity index (χ1v) is 5.00. The van der Waals surface area contributed by atoms with E-state index in [1.165, 1.54) is 13.8 Å². The average molecular weight is 207 g/mol. The van der Waals surface area contributed by atoms with Crippen molar-refractivity contribution in [1.29, 1.82) is 0 Å². The Bertz CT molecular complexity index is 249. The highest BCUT2D eigenvalue weighted by atomic mass is 32.2. The van der Waals surface area contributed by atoms with Gasteiger partial charge < -0.3 is 10.8 Å². The molecule has 0 saturated carbocycles. The van der Waals surface area contributed by atoms with Crippen molar-refractivity contribution in [2.45, 2.75) is 25.0 Å². The van der Waals surface area contributed by atoms with Gasteiger partial charge in [-0.15, -0.1) is 0 Å². The Morgan fingerprint density at radius 3 is 2.23 bits per heavy atom. The number of nitrogens with two attached hydrogens (primary N) is 1. The second-order valence-corrected chi connectivity index (χ2v) is 5.20. The van der Waals surface area contributed by atoms with Crippen molar-refractivity contribution in [3.05, 3.63) is 0 Å². The minimum absolute atomic E-state index is 0.00532. The summed E-state index contributed by atoms with van der Waals surface area (Å²) in [6, 6.07) is 0. The maximum Gasteiger partial charge on any atom is 0.321 e. The zero-order valence-corrected chi connectivity index (χ0v) is 8.39. The first-order chi connectivity index (χ1) is 5.78. The van der Waals surface area contributed by atoms with E-state index in [0.29, 0.717) is 0 Å². The monoisotopic (exact) mass is 207 g/mol. The molecule has 0 spiro atoms. The third kappa shape index (κ3) is 3.54. The highest BCUT2D eigenvalue weighted by Crippen LogP contribution is 2.13. The molecule has 0 aliphatic carbocycles. The second kappa shape index (κ2) is 4.36. The van der Waals surface area contributed by atoms with E-state index in [4.69, 9.17) is 10.8 Å². The lowest BCUT2D eigenvalue weighted by molar-refractivity contribution is -0.139. The predicted octanol–water partition coefficient (Wildman–Crippen LogP) is -0.526. The van der Waals surface area contributed by atoms with Crippen LogP contribution in [0.5, 0.6) is 0 Å². The van der Waals surface area contributed by atoms with Crippen molar-refractivity contribution in [3.8, 4) is 0 Å². The molecule has 13 heavy (non-hydrogen) atoms. The van der Waals surface area contributed by atoms with Gasteiger partial charge in [0.1, 0.15) is 4.75 Å². The fourth-order valence-corrected chi connectivity index (χ4v) is 1.64. The number of carboxylic acids is 1. The van der Waals surface area contributed by atoms with Gasteiger partial charge in [-0.2, -0.15) is 0 Å². The molecule has 0 saturated heterocycles. The molecule has 0 aromatic rings. The number of aliphatic carboxylic acids is 1. The Morgan fingerprint density at radius 2 is 1.92 bits per heavy atom. The maximum absolute atomic E-state index is 11.3. The van der Waals surface area contributed by atoms with Gasteiger partial charge in [-0.3, -0.25) is 13.8 Å². The maximum atomic E-state index is 11.3. The number of hydrogen-bond donors (Lipinski definition) is 2. The van der Waals surface area contributed by atoms with Gasteiger partial charge in [0.15, 0.2) is 0 Å². The first-order valence-electron chi connectivity index (χ1n) is 3.68. The summed E-state index contributed by atoms with van der Waals surface area (Å²) in [5.41, 5.74) is 4.84. The smallest absolute Gasteiger partial charge is 0.321 e. The van der Waals surface area contributed by atoms with Gasteiger partial charge in [0, 0.05) is 23.0 Å². The minimum Gasteiger partial charge on any atom is -0.480 e. The summed E-state index contributed by atoms with van der Waals surface area (Å²) >= 11 is 0. The summed E-state index contributed by atoms with van der Waals surface area (Å²) in [6.07, 6.45) is -0.0523. The van der Waals surface area contributed by atoms with Gasteiger partial charge in [0.25, 0.3) is 0 Å². The predicted molar refractivity (Wildman–Crippen MR) is 48.5 cm³/mol. The number of amides is 1. The molecular formula is C7H13NO4S. The molecule has 0 aliphatic heterocycles. The lowest BCUT2D eigenvalue weighted by Gasteiger charge is -2.17. The molecule has 0 radical (unpaired) electrons. The van der Waals surface area contributed by atoms with Crippen LogP contribution < -0.4 is 5.73 Å². The van der Waals surface area contributed by atoms with Gasteiger partial charge in [0.2, 0.25) is 5.91 Å². The Labute approximate surface area is 78.8 Å². The molecule has 0 heterocycles. The Hall–Kier alpha value is -0.910. The van der Waals surface area contributed by atoms with Crippen LogP contribution in [0.3, 0.4) is 0 Å². The highest BCUT2D eigenvalue weighted by molar-refractivity contribution is 7.87. The van der Waals surface area contributed by atoms with Crippen LogP contribution in [-0.4, -0.2) is 31.7 Å². The molecule has 6 heteroatoms. The first kappa shape index (κ1) is 12.1. The summed E-state index contributed by atoms with van der Waals surface area (Å²) in [6.45, 7) is 2.71. The zero-order valence-electron chi connectivity index (χ0n) is 7.57. The molecule has 1 atom stereocenters. The number of primary amides is 1. The third-order valence-corrected chi connectivity index (χ3v) is 3.51. The Kier molecular flexibility index (Phi) is 4.06. The van der Waals surface area contributed by atoms with E-state index >= 15 is 0 Å². The van der Waals surface area contributed by atoms with Gasteiger partial charge in [0.05, 0.1) is 0 Å². The largest absolute Gasteiger partial charge is 0.480 e. The minimum atomic E-state index is -1.58. The molecule has 0 aromatic heterocycles. The van der Waals surface area contributed by atoms with Crippen LogP contribution in [0.4, 0.5) is 0 Å². The van der Waals surface area contributed by atoms with E-state index in [1.54, 1.807) is 0 Å². The molecule has 1 amide bonds. The van der Waals surface area contributed by atoms with Gasteiger partial charge in [-0.05, 0) is 13.8 Å². The molecule has 0 bridgehead atoms. The quantitative estimate of drug-likeness (QED) is 0.633. The van der Waals surface area contributed by atoms with Crippen LogP contribution in [0.1, 0.15) is 20.3 Å². The Morgan fingerprint density at radius 1 is 1.46 bits per heavy atom. The van der Waals surface area contributed by atoms with Crippen LogP contribution in [0.2, 0.25) is 0 Å². The number of carboxylic acid groups (broad SMARTS) is 1. The molecule has 0 aromatic carbocycles. The van der Waals surface area contributed by atoms with Crippen molar-refractivity contribution < 1.29 is 18.9 Å². The van der Waals surface area contributed by atoms with Crippen molar-refractivity contribution in [2.75, 3.05) is 5.75 Å². The third-order valence-electron chi connectivity index (χ3n) is 1.62. The number of rotatable bonds is 5. The fraction of sp³-hybridized carbons (Fsp3) is 0.714. The normalized spacial score (nSPS) is 13.7. The van der Waals surface area contributed by atoms with Crippen molar-refractivity contribution >= 4 is 22.7 Å². The van der Waals surface area contributed by atoms with Crippen molar-refractivity contribution in [1.82, 2.24) is 0 Å². The van der Waals surface area contributed by atoms with E-state index in [9.17, 15) is 13.8 Å². The number of hydrogen-bond acceptors (Lipinski definition) is 3. The summed E-state index contributed by atoms with van der Waals surface area (Å²) < 4.78 is 10.0. The van der Waals surface area contributed by atoms with Crippen molar-refractivity contribution in [2.24, 2.45) is 5.73 Å². The highest BCUT2D eigenvalue weighted by Gasteiger charge is 2.34. The fourth-order valence-electron chi connectivity index (χ4n) is 0.546. The molecule has 5 nitrogen and oxygen atoms in total. The van der Waals surface area contributed by atoms with Crippen LogP contribution in [0, 0.1) is 0 Å². The van der Waals surface area contributed by atoms with Crippen LogP contribution in [0.15, 0.2) is 0 Å². The van der Waals surface area contributed by atoms with Crippen LogP contribution >= 0.6 is 0 Å². The van der Waals surface area contributed by atoms with Gasteiger partial charge in [-0.25, -0.2) is 0 Å². The molecule has 0 rings (SSSR count). The van der Waals surface area contributed by atoms with Crippen LogP contribution in [-0.2, 0) is 20.4 Å². The zero-order chi connectivity index (χ0) is 10.6.